The lowest BCUT2D eigenvalue weighted by molar-refractivity contribution is 0.312. The fraction of sp³-hybridized carbons (Fsp3) is 0. The predicted molar refractivity (Wildman–Crippen MR) is 23.5 cm³/mol. The van der Waals surface area contributed by atoms with Gasteiger partial charge in [0.15, 0.2) is 5.34 Å². The fourth-order valence-corrected chi connectivity index (χ4v) is 0. The molecule has 2 radical (unpaired) electrons. The topological polar surface area (TPSA) is 49.7 Å². The molecule has 0 rings (SSSR count). The average molecular weight is 84.9 g/mol. The maximum atomic E-state index is 8.11. The second kappa shape index (κ2) is 29.7. The maximum Gasteiger partial charge on any atom is 0.152 e. The molecule has 0 amide bonds. The van der Waals surface area contributed by atoms with Crippen molar-refractivity contribution in [3.8, 4) is 0 Å². The molecule has 4 heteroatoms. The highest BCUT2D eigenvalue weighted by atomic mass is 16.6. The van der Waals surface area contributed by atoms with Gasteiger partial charge in [0, 0.05) is 0 Å². The molecule has 0 aliphatic heterocycles. The molecule has 0 aromatic heterocycles. The highest BCUT2D eigenvalue weighted by Crippen LogP contribution is 1.25. The molecule has 6 heavy (non-hydrogen) atoms. The van der Waals surface area contributed by atoms with Crippen LogP contribution in [0.25, 0.3) is 0 Å². The number of hydrogen-bond acceptors (Lipinski definition) is 2. The molecule has 0 spiro atoms. The summed E-state index contributed by atoms with van der Waals surface area (Å²) in [6.45, 7) is 3.14. The first kappa shape index (κ1) is 8.96. The Bertz CT molecular complexity index is 32.5. The summed E-state index contributed by atoms with van der Waals surface area (Å²) in [5, 5.41) is 7.89. The molecule has 0 aliphatic carbocycles. The number of rotatable bonds is 0. The summed E-state index contributed by atoms with van der Waals surface area (Å²) < 4.78 is 0. The lowest BCUT2D eigenvalue weighted by atomic mass is 10.2. The molecule has 0 heterocycles. The summed E-state index contributed by atoms with van der Waals surface area (Å²) in [6.07, 6.45) is 0. The minimum Gasteiger partial charge on any atom is -0.379 e. The first-order valence-electron chi connectivity index (χ1n) is 1.12. The van der Waals surface area contributed by atoms with Crippen molar-refractivity contribution < 1.29 is 5.21 Å². The van der Waals surface area contributed by atoms with Gasteiger partial charge in [-0.05, 0) is 0 Å². The van der Waals surface area contributed by atoms with Gasteiger partial charge in [-0.3, -0.25) is 0 Å². The normalized spacial score (nSPS) is 4.00. The molecule has 0 saturated heterocycles. The standard InChI is InChI=1S/C2H3B.HNO2/c1-2-3;2-1-3/h2H,1H2;(H,2,3). The Morgan fingerprint density at radius 1 is 2.00 bits per heavy atom. The fourth-order valence-electron chi connectivity index (χ4n) is 0. The van der Waals surface area contributed by atoms with Crippen LogP contribution in [-0.2, 0) is 0 Å². The van der Waals surface area contributed by atoms with E-state index in [1.807, 2.05) is 0 Å². The lowest BCUT2D eigenvalue weighted by Gasteiger charge is -1.32. The van der Waals surface area contributed by atoms with Gasteiger partial charge in [-0.15, -0.1) is 17.5 Å². The van der Waals surface area contributed by atoms with Crippen molar-refractivity contribution in [2.45, 2.75) is 0 Å². The molecular formula is C2H4BNO2. The summed E-state index contributed by atoms with van der Waals surface area (Å²) in [5.74, 6) is 1.25. The molecule has 0 aliphatic rings. The van der Waals surface area contributed by atoms with E-state index in [4.69, 9.17) is 10.1 Å². The van der Waals surface area contributed by atoms with Crippen molar-refractivity contribution in [3.63, 3.8) is 0 Å². The van der Waals surface area contributed by atoms with Crippen LogP contribution in [0.4, 0.5) is 0 Å². The van der Waals surface area contributed by atoms with Crippen molar-refractivity contribution >= 4 is 7.85 Å². The predicted octanol–water partition coefficient (Wildman–Crippen LogP) is 0.440. The zero-order valence-corrected chi connectivity index (χ0v) is 3.16. The van der Waals surface area contributed by atoms with Crippen LogP contribution < -0.4 is 0 Å². The third kappa shape index (κ3) is 24.6. The zero-order chi connectivity index (χ0) is 5.41. The first-order valence-corrected chi connectivity index (χ1v) is 1.12. The van der Waals surface area contributed by atoms with Crippen LogP contribution in [0.2, 0.25) is 0 Å². The monoisotopic (exact) mass is 85.0 g/mol. The van der Waals surface area contributed by atoms with Gasteiger partial charge < -0.3 is 5.21 Å². The van der Waals surface area contributed by atoms with Crippen molar-refractivity contribution in [1.29, 1.82) is 0 Å². The van der Waals surface area contributed by atoms with E-state index in [2.05, 4.69) is 14.4 Å². The maximum absolute atomic E-state index is 8.11. The molecule has 0 aromatic carbocycles. The van der Waals surface area contributed by atoms with E-state index in [0.717, 1.165) is 0 Å². The van der Waals surface area contributed by atoms with Gasteiger partial charge in [-0.25, -0.2) is 0 Å². The summed E-state index contributed by atoms with van der Waals surface area (Å²) in [7, 11) is 4.61. The summed E-state index contributed by atoms with van der Waals surface area (Å²) in [6, 6.07) is 0. The van der Waals surface area contributed by atoms with Gasteiger partial charge in [-0.2, -0.15) is 0 Å². The molecule has 1 N–H and O–H groups in total. The van der Waals surface area contributed by atoms with Gasteiger partial charge in [0.25, 0.3) is 0 Å². The molecule has 3 nitrogen and oxygen atoms in total. The minimum atomic E-state index is 1.25. The molecule has 0 saturated carbocycles. The van der Waals surface area contributed by atoms with Crippen LogP contribution in [0.3, 0.4) is 0 Å². The average Bonchev–Trinajstić information content (AvgIpc) is 1.39. The van der Waals surface area contributed by atoms with E-state index in [9.17, 15) is 0 Å². The summed E-state index contributed by atoms with van der Waals surface area (Å²) >= 11 is 0. The Morgan fingerprint density at radius 2 is 2.00 bits per heavy atom. The number of hydrogen-bond donors (Lipinski definition) is 1. The highest BCUT2D eigenvalue weighted by Gasteiger charge is 1.18. The Balaban J connectivity index is 0. The van der Waals surface area contributed by atoms with Crippen molar-refractivity contribution in [3.05, 3.63) is 17.5 Å². The third-order valence-electron chi connectivity index (χ3n) is 0. The van der Waals surface area contributed by atoms with Gasteiger partial charge >= 0.3 is 0 Å². The van der Waals surface area contributed by atoms with Crippen LogP contribution >= 0.6 is 0 Å². The smallest absolute Gasteiger partial charge is 0.152 e. The van der Waals surface area contributed by atoms with Crippen LogP contribution in [0.5, 0.6) is 0 Å². The summed E-state index contributed by atoms with van der Waals surface area (Å²) in [4.78, 5) is 8.11. The van der Waals surface area contributed by atoms with Gasteiger partial charge in [0.05, 0.1) is 0 Å². The Hall–Kier alpha value is -0.795. The molecule has 32 valence electrons. The summed E-state index contributed by atoms with van der Waals surface area (Å²) in [5.41, 5.74) is 0. The van der Waals surface area contributed by atoms with E-state index >= 15 is 0 Å². The SMILES string of the molecule is O=NO.[B]C=C. The second-order valence-corrected chi connectivity index (χ2v) is 0.317. The third-order valence-corrected chi connectivity index (χ3v) is 0. The lowest BCUT2D eigenvalue weighted by Crippen LogP contribution is -1.29. The number of nitrogens with zero attached hydrogens (tertiary/aromatic N) is 1. The van der Waals surface area contributed by atoms with Crippen LogP contribution in [0, 0.1) is 4.91 Å². The second-order valence-electron chi connectivity index (χ2n) is 0.317. The van der Waals surface area contributed by atoms with Crippen LogP contribution in [-0.4, -0.2) is 13.1 Å². The van der Waals surface area contributed by atoms with Gasteiger partial charge in [-0.1, -0.05) is 0 Å². The Morgan fingerprint density at radius 3 is 2.00 bits per heavy atom. The minimum absolute atomic E-state index is 1.25. The van der Waals surface area contributed by atoms with E-state index < -0.39 is 0 Å². The van der Waals surface area contributed by atoms with Crippen molar-refractivity contribution in [1.82, 2.24) is 0 Å². The molecule has 0 atom stereocenters. The van der Waals surface area contributed by atoms with Crippen molar-refractivity contribution in [2.75, 3.05) is 0 Å². The van der Waals surface area contributed by atoms with Gasteiger partial charge in [0.2, 0.25) is 0 Å². The van der Waals surface area contributed by atoms with Crippen LogP contribution in [0.1, 0.15) is 0 Å². The van der Waals surface area contributed by atoms with E-state index in [1.165, 1.54) is 11.3 Å². The molecule has 0 aromatic rings. The quantitative estimate of drug-likeness (QED) is 0.263. The molecule has 0 bridgehead atoms. The molecular weight excluding hydrogens is 80.8 g/mol. The highest BCUT2D eigenvalue weighted by molar-refractivity contribution is 6.16. The first-order chi connectivity index (χ1) is 2.83. The van der Waals surface area contributed by atoms with Crippen molar-refractivity contribution in [2.24, 2.45) is 5.34 Å². The molecule has 0 unspecified atom stereocenters. The van der Waals surface area contributed by atoms with E-state index in [1.54, 1.807) is 0 Å². The Kier molecular flexibility index (Phi) is 44.4. The van der Waals surface area contributed by atoms with E-state index in [0.29, 0.717) is 0 Å². The van der Waals surface area contributed by atoms with Gasteiger partial charge in [0.1, 0.15) is 7.85 Å². The molecule has 0 fully saturated rings. The van der Waals surface area contributed by atoms with E-state index in [-0.39, 0.29) is 0 Å². The zero-order valence-electron chi connectivity index (χ0n) is 3.16. The largest absolute Gasteiger partial charge is 0.379 e. The Labute approximate surface area is 37.0 Å². The van der Waals surface area contributed by atoms with Crippen LogP contribution in [0.15, 0.2) is 17.9 Å².